The van der Waals surface area contributed by atoms with Crippen LogP contribution in [0.2, 0.25) is 0 Å². The summed E-state index contributed by atoms with van der Waals surface area (Å²) in [6, 6.07) is 32.2. The Labute approximate surface area is 873 Å². The number of rotatable bonds is 19. The average Bonchev–Trinajstić information content (AvgIpc) is 2.02. The van der Waals surface area contributed by atoms with E-state index in [0.29, 0.717) is 142 Å². The number of aromatic nitrogens is 6. The monoisotopic (exact) mass is 2240 g/mol. The maximum atomic E-state index is 13.8. The van der Waals surface area contributed by atoms with Gasteiger partial charge in [-0.2, -0.15) is 68.9 Å². The van der Waals surface area contributed by atoms with Crippen molar-refractivity contribution in [3.8, 4) is 4.98 Å². The van der Waals surface area contributed by atoms with E-state index >= 15 is 0 Å². The molecule has 3 heterocycles. The number of amides is 2. The van der Waals surface area contributed by atoms with Gasteiger partial charge in [-0.3, -0.25) is 49.5 Å². The number of nitrogens with zero attached hydrogens (tertiary/aromatic N) is 8. The number of alkyl halides is 9. The van der Waals surface area contributed by atoms with Gasteiger partial charge in [-0.25, -0.2) is 41.7 Å². The van der Waals surface area contributed by atoms with Crippen LogP contribution in [0.25, 0.3) is 33.1 Å². The second kappa shape index (κ2) is 59.5. The number of anilines is 4. The topological polar surface area (TPSA) is 385 Å². The number of esters is 4. The van der Waals surface area contributed by atoms with Crippen LogP contribution in [-0.2, 0) is 90.2 Å². The molecule has 16 rings (SSSR count). The number of hydrogen-bond donors (Lipinski definition) is 6. The summed E-state index contributed by atoms with van der Waals surface area (Å²) in [5.74, 6) is -6.55. The standard InChI is InChI=1S/2C24H23F4N3O3.C16H20FN3O2.C13H17FN.C9H17NO2.C8H5F3O2.C6H3F2NO2.C2H5.CBrN.2Co/c2*1-2-34-22(33)14-6-9-18(10-7-14)31-20-11-8-17(25)13-19(20)29-23(31)30-21(32)15-4-3-5-16(12-15)24(26,27)28;1-2-22-15(21)10-3-6-12(7-4-10)20-14-8-5-11(17)9-13(14)19-16(20)18;1-10-9-11(14)7-8-13(10)15-12-5-3-2-4-6-12;1-2-12-9(11)7-3-5-8(10)6-4-7;9-8(10,11)6-3-1-2-5(4-6)7(12)13;7-4-1-2-5(8)6(3-4)9(10)11;1-2;2-1-3;;/h2*3-5,8,11-14,18H,2,6-7,9-10H2,1H3,(H,29,30,32);5,8-10,12H,2-4,6-7H2,1H3,(H2,18,19);2,7-9,12,15H,3-6H2,1H3;7-8H,2-6,10H2,1H3;1-4H,(H,12,13);1-3H;1H2,2H3;;;/q;;;-1;;;;-1;;;. The molecule has 8 aromatic carbocycles. The minimum atomic E-state index is -4.58. The van der Waals surface area contributed by atoms with E-state index in [1.807, 2.05) is 31.4 Å². The number of nitrogens with two attached hydrogens (primary N) is 2. The molecule has 5 aliphatic rings. The van der Waals surface area contributed by atoms with Crippen molar-refractivity contribution in [2.45, 2.75) is 219 Å². The zero-order chi connectivity index (χ0) is 107. The second-order valence-electron chi connectivity index (χ2n) is 34.1. The Morgan fingerprint density at radius 3 is 1.12 bits per heavy atom. The predicted octanol–water partition coefficient (Wildman–Crippen LogP) is 25.3. The van der Waals surface area contributed by atoms with E-state index < -0.39 is 86.9 Å². The first-order valence-corrected chi connectivity index (χ1v) is 47.9. The van der Waals surface area contributed by atoms with E-state index in [2.05, 4.69) is 60.2 Å². The van der Waals surface area contributed by atoms with Gasteiger partial charge in [0, 0.05) is 115 Å². The molecule has 148 heavy (non-hydrogen) atoms. The number of nitro benzene ring substituents is 1. The van der Waals surface area contributed by atoms with E-state index in [4.69, 9.17) is 40.8 Å². The molecular formula is C103H113BrCo2F15N13O14-2. The van der Waals surface area contributed by atoms with Crippen molar-refractivity contribution < 1.29 is 162 Å². The summed E-state index contributed by atoms with van der Waals surface area (Å²) >= 11 is 2.45. The molecule has 5 saturated carbocycles. The van der Waals surface area contributed by atoms with Crippen LogP contribution in [0.3, 0.4) is 0 Å². The Morgan fingerprint density at radius 1 is 0.473 bits per heavy atom. The zero-order valence-corrected chi connectivity index (χ0v) is 84.9. The first-order valence-electron chi connectivity index (χ1n) is 47.1. The van der Waals surface area contributed by atoms with E-state index in [-0.39, 0.29) is 139 Å². The van der Waals surface area contributed by atoms with Crippen molar-refractivity contribution in [1.29, 1.82) is 5.26 Å². The number of carbonyl (C=O) groups excluding carboxylic acids is 6. The average molecular weight is 2240 g/mol. The summed E-state index contributed by atoms with van der Waals surface area (Å²) in [4.78, 5) is 107. The van der Waals surface area contributed by atoms with E-state index in [1.54, 1.807) is 59.1 Å². The SMILES string of the molecule is CCOC(=O)C1CCC(N)CC1.CCOC(=O)C1CCC(n2c(N)nc3cc(F)ccc32)CC1.CCOC(=O)C1CCC(n2c(NC(=O)c3cccc(C(F)(F)F)c3)nc3cc(F)ccc32)CC1.CCOC(=O)C1CCC(n2c(NC(=O)c3cccc(C(F)(F)F)c3)nc3cc(F)ccc32)CC1.Cc1cc(F)ccc1NC1CC[CH-]CC1.N#CBr.O=C(O)c1cccc(C(F)(F)F)c1.O=[N+]([O-])c1cc(F)ccc1F.[CH2-]C.[Co].[Co]. The minimum Gasteiger partial charge on any atom is -0.478 e. The third kappa shape index (κ3) is 36.7. The number of nitrogens with one attached hydrogen (secondary N) is 3. The maximum Gasteiger partial charge on any atom is 0.416 e. The van der Waals surface area contributed by atoms with Gasteiger partial charge in [0.25, 0.3) is 11.8 Å². The molecule has 11 aromatic rings. The molecule has 45 heteroatoms. The first kappa shape index (κ1) is 124. The summed E-state index contributed by atoms with van der Waals surface area (Å²) in [6.45, 7) is 15.6. The Hall–Kier alpha value is -12.6. The number of carbonyl (C=O) groups is 7. The molecule has 0 saturated heterocycles. The molecule has 0 aliphatic heterocycles. The van der Waals surface area contributed by atoms with Gasteiger partial charge in [-0.05, 0) is 264 Å². The quantitative estimate of drug-likeness (QED) is 0.0109. The van der Waals surface area contributed by atoms with Gasteiger partial charge in [0.15, 0.2) is 0 Å². The van der Waals surface area contributed by atoms with Crippen molar-refractivity contribution in [2.24, 2.45) is 29.4 Å². The molecule has 5 fully saturated rings. The zero-order valence-electron chi connectivity index (χ0n) is 81.2. The normalized spacial score (nSPS) is 17.8. The molecular weight excluding hydrogens is 2130 g/mol. The second-order valence-corrected chi connectivity index (χ2v) is 34.5. The number of carboxylic acid groups (broad SMARTS) is 1. The fourth-order valence-corrected chi connectivity index (χ4v) is 17.2. The third-order valence-corrected chi connectivity index (χ3v) is 24.3. The number of nitriles is 1. The first-order chi connectivity index (χ1) is 69.4. The van der Waals surface area contributed by atoms with Crippen molar-refractivity contribution >= 4 is 120 Å². The summed E-state index contributed by atoms with van der Waals surface area (Å²) in [5.41, 5.74) is 12.6. The molecule has 806 valence electrons. The third-order valence-electron chi connectivity index (χ3n) is 24.3. The molecule has 0 spiro atoms. The van der Waals surface area contributed by atoms with Crippen molar-refractivity contribution in [1.82, 2.24) is 28.7 Å². The fourth-order valence-electron chi connectivity index (χ4n) is 17.2. The summed E-state index contributed by atoms with van der Waals surface area (Å²) in [7, 11) is 0. The molecule has 3 aromatic heterocycles. The maximum absolute atomic E-state index is 13.8. The number of carboxylic acids is 1. The molecule has 0 unspecified atom stereocenters. The van der Waals surface area contributed by atoms with Gasteiger partial charge in [-0.1, -0.05) is 31.0 Å². The Kier molecular flexibility index (Phi) is 49.9. The van der Waals surface area contributed by atoms with Gasteiger partial charge in [0.1, 0.15) is 34.1 Å². The molecule has 2 amide bonds. The predicted molar refractivity (Wildman–Crippen MR) is 520 cm³/mol. The smallest absolute Gasteiger partial charge is 0.416 e. The number of hydrogen-bond acceptors (Lipinski definition) is 20. The minimum absolute atomic E-state index is 0. The van der Waals surface area contributed by atoms with Gasteiger partial charge in [-0.15, -0.1) is 0 Å². The molecule has 0 bridgehead atoms. The Morgan fingerprint density at radius 2 is 0.784 bits per heavy atom. The van der Waals surface area contributed by atoms with Crippen molar-refractivity contribution in [2.75, 3.05) is 48.1 Å². The Balaban J connectivity index is 0.000000272. The summed E-state index contributed by atoms with van der Waals surface area (Å²) < 4.78 is 219. The van der Waals surface area contributed by atoms with E-state index in [9.17, 15) is 110 Å². The number of fused-ring (bicyclic) bond motifs is 3. The number of aromatic carboxylic acids is 1. The molecule has 8 N–H and O–H groups in total. The van der Waals surface area contributed by atoms with Crippen LogP contribution in [0.4, 0.5) is 95.1 Å². The van der Waals surface area contributed by atoms with Crippen molar-refractivity contribution in [3.05, 3.63) is 261 Å². The van der Waals surface area contributed by atoms with Crippen LogP contribution >= 0.6 is 15.9 Å². The van der Waals surface area contributed by atoms with E-state index in [0.717, 1.165) is 129 Å². The van der Waals surface area contributed by atoms with Crippen molar-refractivity contribution in [3.63, 3.8) is 0 Å². The number of halogens is 16. The molecule has 27 nitrogen and oxygen atoms in total. The van der Waals surface area contributed by atoms with Crippen LogP contribution in [0.15, 0.2) is 164 Å². The number of ether oxygens (including phenoxy) is 4. The largest absolute Gasteiger partial charge is 0.478 e. The van der Waals surface area contributed by atoms with Crippen LogP contribution < -0.4 is 27.4 Å². The van der Waals surface area contributed by atoms with Gasteiger partial charge < -0.3 is 67.9 Å². The Bertz CT molecular complexity index is 6080. The van der Waals surface area contributed by atoms with E-state index in [1.165, 1.54) is 80.3 Å². The number of nitrogen functional groups attached to an aromatic ring is 1. The number of nitro groups is 1. The van der Waals surface area contributed by atoms with Gasteiger partial charge in [0.05, 0.1) is 116 Å². The summed E-state index contributed by atoms with van der Waals surface area (Å²) in [5, 5.41) is 34.3. The summed E-state index contributed by atoms with van der Waals surface area (Å²) in [6.07, 6.45) is 5.11. The van der Waals surface area contributed by atoms with Gasteiger partial charge in [0.2, 0.25) is 23.7 Å². The van der Waals surface area contributed by atoms with Crippen LogP contribution in [0.5, 0.6) is 0 Å². The molecule has 0 atom stereocenters. The number of imidazole rings is 3. The fraction of sp³-hybridized carbons (Fsp3) is 0.408. The van der Waals surface area contributed by atoms with Crippen LogP contribution in [-0.4, -0.2) is 119 Å². The molecule has 2 radical (unpaired) electrons. The van der Waals surface area contributed by atoms with Crippen LogP contribution in [0, 0.1) is 99.2 Å². The van der Waals surface area contributed by atoms with Gasteiger partial charge >= 0.3 is 54.1 Å². The molecule has 5 aliphatic carbocycles. The van der Waals surface area contributed by atoms with Crippen LogP contribution in [0.1, 0.15) is 234 Å². The number of aryl methyl sites for hydroxylation is 1. The number of benzene rings is 8.